The molecule has 0 amide bonds. The Balaban J connectivity index is 0.000000461. The maximum absolute atomic E-state index is 5.26. The van der Waals surface area contributed by atoms with Crippen LogP contribution in [0.5, 0.6) is 0 Å². The Morgan fingerprint density at radius 1 is 1.43 bits per heavy atom. The number of aromatic nitrogens is 2. The van der Waals surface area contributed by atoms with Gasteiger partial charge < -0.3 is 4.42 Å². The average molecular weight is 210 g/mol. The summed E-state index contributed by atoms with van der Waals surface area (Å²) in [4.78, 5) is 9.13. The van der Waals surface area contributed by atoms with Crippen LogP contribution in [0.2, 0.25) is 0 Å². The first kappa shape index (κ1) is 10.9. The minimum Gasteiger partial charge on any atom is -0.442 e. The number of rotatable bonds is 2. The van der Waals surface area contributed by atoms with E-state index in [9.17, 15) is 0 Å². The topological polar surface area (TPSA) is 38.9 Å². The molecule has 2 aromatic rings. The molecule has 0 aliphatic heterocycles. The zero-order chi connectivity index (χ0) is 10.4. The third-order valence-corrected chi connectivity index (χ3v) is 2.40. The molecule has 0 aromatic carbocycles. The Hall–Kier alpha value is -1.16. The first-order valence-corrected chi connectivity index (χ1v) is 5.61. The van der Waals surface area contributed by atoms with Crippen LogP contribution in [0.1, 0.15) is 26.5 Å². The van der Waals surface area contributed by atoms with E-state index >= 15 is 0 Å². The molecule has 0 saturated carbocycles. The summed E-state index contributed by atoms with van der Waals surface area (Å²) >= 11 is 1.57. The zero-order valence-electron chi connectivity index (χ0n) is 8.65. The fraction of sp³-hybridized carbons (Fsp3) is 0.400. The highest BCUT2D eigenvalue weighted by Crippen LogP contribution is 2.26. The largest absolute Gasteiger partial charge is 0.442 e. The Bertz CT molecular complexity index is 354. The maximum Gasteiger partial charge on any atom is 0.181 e. The number of nitrogens with zero attached hydrogens (tertiary/aromatic N) is 2. The van der Waals surface area contributed by atoms with Crippen molar-refractivity contribution in [1.29, 1.82) is 0 Å². The zero-order valence-corrected chi connectivity index (χ0v) is 9.47. The van der Waals surface area contributed by atoms with Gasteiger partial charge in [-0.15, -0.1) is 11.3 Å². The highest BCUT2D eigenvalue weighted by atomic mass is 32.1. The van der Waals surface area contributed by atoms with E-state index in [1.54, 1.807) is 23.0 Å². The Labute approximate surface area is 87.8 Å². The predicted molar refractivity (Wildman–Crippen MR) is 58.3 cm³/mol. The van der Waals surface area contributed by atoms with Crippen molar-refractivity contribution in [3.05, 3.63) is 23.8 Å². The molecule has 4 heteroatoms. The SMILES string of the molecule is CC.CCc1ncoc1-c1cncs1. The van der Waals surface area contributed by atoms with Crippen molar-refractivity contribution >= 4 is 11.3 Å². The molecule has 76 valence electrons. The van der Waals surface area contributed by atoms with Crippen LogP contribution in [0.15, 0.2) is 22.5 Å². The lowest BCUT2D eigenvalue weighted by atomic mass is 10.2. The molecule has 2 heterocycles. The minimum atomic E-state index is 0.861. The smallest absolute Gasteiger partial charge is 0.181 e. The lowest BCUT2D eigenvalue weighted by Gasteiger charge is -1.91. The number of hydrogen-bond acceptors (Lipinski definition) is 4. The summed E-state index contributed by atoms with van der Waals surface area (Å²) in [5, 5.41) is 0. The van der Waals surface area contributed by atoms with Crippen LogP contribution in [0, 0.1) is 0 Å². The van der Waals surface area contributed by atoms with Crippen LogP contribution in [0.4, 0.5) is 0 Å². The highest BCUT2D eigenvalue weighted by molar-refractivity contribution is 7.13. The van der Waals surface area contributed by atoms with Crippen LogP contribution in [-0.2, 0) is 6.42 Å². The molecular weight excluding hydrogens is 196 g/mol. The second kappa shape index (κ2) is 5.54. The predicted octanol–water partition coefficient (Wildman–Crippen LogP) is 3.39. The lowest BCUT2D eigenvalue weighted by Crippen LogP contribution is -1.81. The van der Waals surface area contributed by atoms with Crippen LogP contribution >= 0.6 is 11.3 Å². The van der Waals surface area contributed by atoms with E-state index in [0.717, 1.165) is 22.8 Å². The van der Waals surface area contributed by atoms with E-state index < -0.39 is 0 Å². The molecule has 3 nitrogen and oxygen atoms in total. The summed E-state index contributed by atoms with van der Waals surface area (Å²) in [5.74, 6) is 0.861. The molecule has 0 atom stereocenters. The van der Waals surface area contributed by atoms with Gasteiger partial charge in [-0.25, -0.2) is 4.98 Å². The van der Waals surface area contributed by atoms with E-state index in [0.29, 0.717) is 0 Å². The molecule has 0 spiro atoms. The van der Waals surface area contributed by atoms with Gasteiger partial charge in [-0.3, -0.25) is 4.98 Å². The summed E-state index contributed by atoms with van der Waals surface area (Å²) in [6.45, 7) is 6.06. The normalized spacial score (nSPS) is 9.36. The van der Waals surface area contributed by atoms with Crippen molar-refractivity contribution in [1.82, 2.24) is 9.97 Å². The summed E-state index contributed by atoms with van der Waals surface area (Å²) in [6, 6.07) is 0. The van der Waals surface area contributed by atoms with Gasteiger partial charge in [0.25, 0.3) is 0 Å². The van der Waals surface area contributed by atoms with Gasteiger partial charge in [-0.05, 0) is 6.42 Å². The number of oxazole rings is 1. The monoisotopic (exact) mass is 210 g/mol. The molecule has 0 aliphatic carbocycles. The minimum absolute atomic E-state index is 0.861. The van der Waals surface area contributed by atoms with Gasteiger partial charge in [0.15, 0.2) is 12.2 Å². The molecule has 0 aliphatic rings. The van der Waals surface area contributed by atoms with E-state index in [-0.39, 0.29) is 0 Å². The molecule has 0 radical (unpaired) electrons. The fourth-order valence-electron chi connectivity index (χ4n) is 1.05. The first-order chi connectivity index (χ1) is 6.92. The summed E-state index contributed by atoms with van der Waals surface area (Å²) < 4.78 is 5.26. The standard InChI is InChI=1S/C8H8N2OS.C2H6/c1-2-6-8(11-4-10-6)7-3-9-5-12-7;1-2/h3-5H,2H2,1H3;1-2H3. The van der Waals surface area contributed by atoms with Crippen molar-refractivity contribution < 1.29 is 4.42 Å². The second-order valence-corrected chi connectivity index (χ2v) is 3.23. The Kier molecular flexibility index (Phi) is 4.32. The van der Waals surface area contributed by atoms with E-state index in [1.165, 1.54) is 6.39 Å². The van der Waals surface area contributed by atoms with Crippen molar-refractivity contribution in [2.75, 3.05) is 0 Å². The second-order valence-electron chi connectivity index (χ2n) is 2.35. The van der Waals surface area contributed by atoms with Crippen molar-refractivity contribution in [2.45, 2.75) is 27.2 Å². The van der Waals surface area contributed by atoms with Crippen LogP contribution in [0.3, 0.4) is 0 Å². The van der Waals surface area contributed by atoms with Crippen molar-refractivity contribution in [3.8, 4) is 10.6 Å². The lowest BCUT2D eigenvalue weighted by molar-refractivity contribution is 0.572. The third-order valence-electron chi connectivity index (χ3n) is 1.63. The molecule has 0 unspecified atom stereocenters. The maximum atomic E-state index is 5.26. The highest BCUT2D eigenvalue weighted by Gasteiger charge is 2.09. The van der Waals surface area contributed by atoms with Crippen LogP contribution < -0.4 is 0 Å². The number of hydrogen-bond donors (Lipinski definition) is 0. The molecule has 0 bridgehead atoms. The fourth-order valence-corrected chi connectivity index (χ4v) is 1.68. The Morgan fingerprint density at radius 3 is 2.79 bits per heavy atom. The van der Waals surface area contributed by atoms with E-state index in [4.69, 9.17) is 4.42 Å². The molecule has 0 saturated heterocycles. The van der Waals surface area contributed by atoms with Crippen molar-refractivity contribution in [3.63, 3.8) is 0 Å². The van der Waals surface area contributed by atoms with Crippen molar-refractivity contribution in [2.24, 2.45) is 0 Å². The third kappa shape index (κ3) is 2.20. The van der Waals surface area contributed by atoms with Gasteiger partial charge in [0, 0.05) is 6.20 Å². The summed E-state index contributed by atoms with van der Waals surface area (Å²) in [6.07, 6.45) is 4.17. The Morgan fingerprint density at radius 2 is 2.21 bits per heavy atom. The summed E-state index contributed by atoms with van der Waals surface area (Å²) in [5.41, 5.74) is 2.79. The number of thiazole rings is 1. The van der Waals surface area contributed by atoms with Gasteiger partial charge in [-0.1, -0.05) is 20.8 Å². The van der Waals surface area contributed by atoms with Gasteiger partial charge in [0.05, 0.1) is 16.1 Å². The molecule has 0 N–H and O–H groups in total. The van der Waals surface area contributed by atoms with Gasteiger partial charge in [-0.2, -0.15) is 0 Å². The van der Waals surface area contributed by atoms with Gasteiger partial charge in [0.2, 0.25) is 0 Å². The van der Waals surface area contributed by atoms with E-state index in [2.05, 4.69) is 16.9 Å². The molecule has 14 heavy (non-hydrogen) atoms. The molecule has 0 fully saturated rings. The van der Waals surface area contributed by atoms with Gasteiger partial charge >= 0.3 is 0 Å². The van der Waals surface area contributed by atoms with Gasteiger partial charge in [0.1, 0.15) is 0 Å². The van der Waals surface area contributed by atoms with E-state index in [1.807, 2.05) is 13.8 Å². The molecule has 2 aromatic heterocycles. The quantitative estimate of drug-likeness (QED) is 0.762. The van der Waals surface area contributed by atoms with Crippen LogP contribution in [0.25, 0.3) is 10.6 Å². The average Bonchev–Trinajstić information content (AvgIpc) is 2.91. The van der Waals surface area contributed by atoms with Crippen LogP contribution in [-0.4, -0.2) is 9.97 Å². The first-order valence-electron chi connectivity index (χ1n) is 4.73. The summed E-state index contributed by atoms with van der Waals surface area (Å²) in [7, 11) is 0. The number of aryl methyl sites for hydroxylation is 1. The molecule has 2 rings (SSSR count). The molecular formula is C10H14N2OS.